The van der Waals surface area contributed by atoms with Gasteiger partial charge in [-0.15, -0.1) is 0 Å². The van der Waals surface area contributed by atoms with Crippen molar-refractivity contribution >= 4 is 11.9 Å². The van der Waals surface area contributed by atoms with E-state index < -0.39 is 0 Å². The molecule has 0 aromatic heterocycles. The molecule has 1 saturated heterocycles. The van der Waals surface area contributed by atoms with Gasteiger partial charge in [0.15, 0.2) is 0 Å². The number of rotatable bonds is 4. The lowest BCUT2D eigenvalue weighted by Crippen LogP contribution is -2.45. The van der Waals surface area contributed by atoms with E-state index in [4.69, 9.17) is 0 Å². The molecule has 5 nitrogen and oxygen atoms in total. The molecule has 1 heterocycles. The molecule has 0 aliphatic carbocycles. The first-order valence-electron chi connectivity index (χ1n) is 8.56. The van der Waals surface area contributed by atoms with E-state index in [0.717, 1.165) is 6.42 Å². The van der Waals surface area contributed by atoms with Crippen molar-refractivity contribution < 1.29 is 9.59 Å². The van der Waals surface area contributed by atoms with Crippen molar-refractivity contribution in [3.63, 3.8) is 0 Å². The average molecular weight is 331 g/mol. The molecule has 2 rings (SSSR count). The Morgan fingerprint density at radius 2 is 2.00 bits per heavy atom. The second-order valence-electron chi connectivity index (χ2n) is 7.49. The van der Waals surface area contributed by atoms with Crippen LogP contribution in [-0.2, 0) is 10.2 Å². The van der Waals surface area contributed by atoms with Crippen molar-refractivity contribution in [1.82, 2.24) is 15.5 Å². The van der Waals surface area contributed by atoms with E-state index in [0.29, 0.717) is 19.6 Å². The number of amides is 3. The number of urea groups is 1. The minimum atomic E-state index is -0.135. The maximum Gasteiger partial charge on any atom is 0.317 e. The van der Waals surface area contributed by atoms with Crippen LogP contribution in [0.1, 0.15) is 43.9 Å². The fourth-order valence-corrected chi connectivity index (χ4v) is 3.43. The predicted octanol–water partition coefficient (Wildman–Crippen LogP) is 2.50. The van der Waals surface area contributed by atoms with Gasteiger partial charge in [0.05, 0.1) is 0 Å². The molecular weight excluding hydrogens is 302 g/mol. The molecule has 132 valence electrons. The SMILES string of the molecule is CC(=O)NC1CCN(C(=O)NCC(C)(C)c2ccc(C)cc2C)C1. The van der Waals surface area contributed by atoms with E-state index in [1.165, 1.54) is 23.6 Å². The van der Waals surface area contributed by atoms with Crippen molar-refractivity contribution in [3.05, 3.63) is 34.9 Å². The molecule has 0 radical (unpaired) electrons. The van der Waals surface area contributed by atoms with Crippen molar-refractivity contribution in [2.45, 2.75) is 52.5 Å². The molecule has 5 heteroatoms. The summed E-state index contributed by atoms with van der Waals surface area (Å²) in [5.41, 5.74) is 3.62. The molecule has 1 aromatic rings. The quantitative estimate of drug-likeness (QED) is 0.890. The van der Waals surface area contributed by atoms with Gasteiger partial charge in [-0.05, 0) is 31.4 Å². The number of hydrogen-bond acceptors (Lipinski definition) is 2. The summed E-state index contributed by atoms with van der Waals surface area (Å²) in [6.45, 7) is 11.8. The van der Waals surface area contributed by atoms with E-state index in [1.54, 1.807) is 4.90 Å². The number of aryl methyl sites for hydroxylation is 2. The summed E-state index contributed by atoms with van der Waals surface area (Å²) in [6.07, 6.45) is 0.813. The Kier molecular flexibility index (Phi) is 5.52. The van der Waals surface area contributed by atoms with Crippen LogP contribution in [0.15, 0.2) is 18.2 Å². The summed E-state index contributed by atoms with van der Waals surface area (Å²) in [5, 5.41) is 5.93. The van der Waals surface area contributed by atoms with Crippen molar-refractivity contribution in [3.8, 4) is 0 Å². The summed E-state index contributed by atoms with van der Waals surface area (Å²) in [4.78, 5) is 25.3. The summed E-state index contributed by atoms with van der Waals surface area (Å²) in [7, 11) is 0. The minimum absolute atomic E-state index is 0.0433. The summed E-state index contributed by atoms with van der Waals surface area (Å²) in [6, 6.07) is 6.46. The van der Waals surface area contributed by atoms with Gasteiger partial charge in [0.2, 0.25) is 5.91 Å². The first-order valence-corrected chi connectivity index (χ1v) is 8.56. The second kappa shape index (κ2) is 7.24. The number of nitrogens with zero attached hydrogens (tertiary/aromatic N) is 1. The highest BCUT2D eigenvalue weighted by Crippen LogP contribution is 2.26. The number of likely N-dealkylation sites (tertiary alicyclic amines) is 1. The molecule has 1 fully saturated rings. The Labute approximate surface area is 144 Å². The Hall–Kier alpha value is -2.04. The third-order valence-electron chi connectivity index (χ3n) is 4.68. The number of hydrogen-bond donors (Lipinski definition) is 2. The van der Waals surface area contributed by atoms with Crippen LogP contribution in [0.4, 0.5) is 4.79 Å². The van der Waals surface area contributed by atoms with Crippen molar-refractivity contribution in [1.29, 1.82) is 0 Å². The Balaban J connectivity index is 1.92. The van der Waals surface area contributed by atoms with Gasteiger partial charge in [0, 0.05) is 38.0 Å². The van der Waals surface area contributed by atoms with Crippen LogP contribution in [0.2, 0.25) is 0 Å². The predicted molar refractivity (Wildman–Crippen MR) is 96.1 cm³/mol. The zero-order valence-electron chi connectivity index (χ0n) is 15.4. The molecule has 1 unspecified atom stereocenters. The van der Waals surface area contributed by atoms with Crippen LogP contribution in [-0.4, -0.2) is 42.5 Å². The zero-order chi connectivity index (χ0) is 17.9. The van der Waals surface area contributed by atoms with E-state index in [1.807, 2.05) is 0 Å². The molecule has 0 spiro atoms. The summed E-state index contributed by atoms with van der Waals surface area (Å²) < 4.78 is 0. The maximum absolute atomic E-state index is 12.4. The smallest absolute Gasteiger partial charge is 0.317 e. The fraction of sp³-hybridized carbons (Fsp3) is 0.579. The normalized spacial score (nSPS) is 17.7. The van der Waals surface area contributed by atoms with Crippen LogP contribution in [0.5, 0.6) is 0 Å². The van der Waals surface area contributed by atoms with Crippen LogP contribution in [0.25, 0.3) is 0 Å². The van der Waals surface area contributed by atoms with Gasteiger partial charge in [-0.1, -0.05) is 37.6 Å². The molecule has 2 N–H and O–H groups in total. The highest BCUT2D eigenvalue weighted by atomic mass is 16.2. The summed E-state index contributed by atoms with van der Waals surface area (Å²) in [5.74, 6) is -0.0433. The van der Waals surface area contributed by atoms with E-state index in [9.17, 15) is 9.59 Å². The van der Waals surface area contributed by atoms with Crippen molar-refractivity contribution in [2.24, 2.45) is 0 Å². The Morgan fingerprint density at radius 1 is 1.29 bits per heavy atom. The van der Waals surface area contributed by atoms with Gasteiger partial charge in [0.25, 0.3) is 0 Å². The fourth-order valence-electron chi connectivity index (χ4n) is 3.43. The molecule has 24 heavy (non-hydrogen) atoms. The first-order chi connectivity index (χ1) is 11.2. The van der Waals surface area contributed by atoms with Gasteiger partial charge < -0.3 is 15.5 Å². The lowest BCUT2D eigenvalue weighted by Gasteiger charge is -2.29. The second-order valence-corrected chi connectivity index (χ2v) is 7.49. The van der Waals surface area contributed by atoms with Gasteiger partial charge in [-0.25, -0.2) is 4.79 Å². The monoisotopic (exact) mass is 331 g/mol. The van der Waals surface area contributed by atoms with Gasteiger partial charge >= 0.3 is 6.03 Å². The van der Waals surface area contributed by atoms with Crippen LogP contribution in [0.3, 0.4) is 0 Å². The van der Waals surface area contributed by atoms with E-state index >= 15 is 0 Å². The topological polar surface area (TPSA) is 61.4 Å². The first kappa shape index (κ1) is 18.3. The minimum Gasteiger partial charge on any atom is -0.352 e. The lowest BCUT2D eigenvalue weighted by molar-refractivity contribution is -0.119. The number of carbonyl (C=O) groups excluding carboxylic acids is 2. The molecule has 3 amide bonds. The standard InChI is InChI=1S/C19H29N3O2/c1-13-6-7-17(14(2)10-13)19(4,5)12-20-18(24)22-9-8-16(11-22)21-15(3)23/h6-7,10,16H,8-9,11-12H2,1-5H3,(H,20,24)(H,21,23). The third-order valence-corrected chi connectivity index (χ3v) is 4.68. The molecule has 1 aromatic carbocycles. The average Bonchev–Trinajstić information content (AvgIpc) is 2.92. The van der Waals surface area contributed by atoms with Crippen LogP contribution < -0.4 is 10.6 Å². The number of benzene rings is 1. The zero-order valence-corrected chi connectivity index (χ0v) is 15.4. The third kappa shape index (κ3) is 4.49. The maximum atomic E-state index is 12.4. The van der Waals surface area contributed by atoms with Crippen molar-refractivity contribution in [2.75, 3.05) is 19.6 Å². The van der Waals surface area contributed by atoms with E-state index in [2.05, 4.69) is 56.5 Å². The molecule has 0 saturated carbocycles. The molecular formula is C19H29N3O2. The van der Waals surface area contributed by atoms with Gasteiger partial charge in [-0.3, -0.25) is 4.79 Å². The highest BCUT2D eigenvalue weighted by molar-refractivity contribution is 5.76. The molecule has 1 atom stereocenters. The molecule has 1 aliphatic heterocycles. The van der Waals surface area contributed by atoms with Gasteiger partial charge in [0.1, 0.15) is 0 Å². The Bertz CT molecular complexity index is 625. The number of nitrogens with one attached hydrogen (secondary N) is 2. The largest absolute Gasteiger partial charge is 0.352 e. The lowest BCUT2D eigenvalue weighted by atomic mass is 9.81. The summed E-state index contributed by atoms with van der Waals surface area (Å²) >= 11 is 0. The molecule has 0 bridgehead atoms. The Morgan fingerprint density at radius 3 is 2.62 bits per heavy atom. The van der Waals surface area contributed by atoms with Crippen LogP contribution >= 0.6 is 0 Å². The van der Waals surface area contributed by atoms with E-state index in [-0.39, 0.29) is 23.4 Å². The number of carbonyl (C=O) groups is 2. The van der Waals surface area contributed by atoms with Crippen LogP contribution in [0, 0.1) is 13.8 Å². The highest BCUT2D eigenvalue weighted by Gasteiger charge is 2.29. The molecule has 1 aliphatic rings. The van der Waals surface area contributed by atoms with Gasteiger partial charge in [-0.2, -0.15) is 0 Å².